The van der Waals surface area contributed by atoms with Gasteiger partial charge in [-0.2, -0.15) is 0 Å². The van der Waals surface area contributed by atoms with Crippen LogP contribution in [-0.4, -0.2) is 25.7 Å². The van der Waals surface area contributed by atoms with Crippen molar-refractivity contribution < 1.29 is 9.90 Å². The van der Waals surface area contributed by atoms with Crippen LogP contribution in [0.5, 0.6) is 0 Å². The first-order chi connectivity index (χ1) is 18.5. The lowest BCUT2D eigenvalue weighted by atomic mass is 10.1. The number of fused-ring (bicyclic) bond motifs is 3. The summed E-state index contributed by atoms with van der Waals surface area (Å²) in [4.78, 5) is 20.1. The molecule has 0 saturated carbocycles. The highest BCUT2D eigenvalue weighted by atomic mass is 32.1. The Hall–Kier alpha value is -3.95. The summed E-state index contributed by atoms with van der Waals surface area (Å²) in [5, 5.41) is 16.7. The molecule has 0 aliphatic carbocycles. The molecule has 0 aliphatic heterocycles. The molecular weight excluding hydrogens is 496 g/mol. The average molecular weight is 529 g/mol. The van der Waals surface area contributed by atoms with E-state index in [1.54, 1.807) is 11.3 Å². The van der Waals surface area contributed by atoms with Crippen LogP contribution in [0.25, 0.3) is 21.3 Å². The average Bonchev–Trinajstić information content (AvgIpc) is 3.52. The number of carbonyl (C=O) groups is 1. The van der Waals surface area contributed by atoms with Gasteiger partial charge in [0, 0.05) is 32.6 Å². The van der Waals surface area contributed by atoms with Gasteiger partial charge in [0.05, 0.1) is 15.7 Å². The van der Waals surface area contributed by atoms with Crippen molar-refractivity contribution in [3.63, 3.8) is 0 Å². The van der Waals surface area contributed by atoms with Gasteiger partial charge in [0.1, 0.15) is 11.3 Å². The van der Waals surface area contributed by atoms with E-state index in [-0.39, 0.29) is 0 Å². The van der Waals surface area contributed by atoms with Crippen molar-refractivity contribution in [3.8, 4) is 0 Å². The van der Waals surface area contributed by atoms with Crippen LogP contribution in [-0.2, 0) is 32.6 Å². The van der Waals surface area contributed by atoms with Gasteiger partial charge in [0.2, 0.25) is 0 Å². The molecule has 3 aromatic heterocycles. The van der Waals surface area contributed by atoms with Gasteiger partial charge < -0.3 is 26.0 Å². The predicted molar refractivity (Wildman–Crippen MR) is 153 cm³/mol. The monoisotopic (exact) mass is 528 g/mol. The van der Waals surface area contributed by atoms with Crippen LogP contribution in [0.2, 0.25) is 0 Å². The number of amides is 1. The number of carboxylic acid groups (broad SMARTS) is 1. The van der Waals surface area contributed by atoms with Gasteiger partial charge in [-0.1, -0.05) is 61.9 Å². The second-order valence-corrected chi connectivity index (χ2v) is 10.4. The summed E-state index contributed by atoms with van der Waals surface area (Å²) in [6.07, 6.45) is 2.09. The second kappa shape index (κ2) is 11.6. The number of rotatable bonds is 11. The van der Waals surface area contributed by atoms with Gasteiger partial charge in [-0.05, 0) is 40.1 Å². The van der Waals surface area contributed by atoms with Gasteiger partial charge >= 0.3 is 6.09 Å². The van der Waals surface area contributed by atoms with E-state index >= 15 is 0 Å². The summed E-state index contributed by atoms with van der Waals surface area (Å²) in [5.74, 6) is 1.56. The van der Waals surface area contributed by atoms with E-state index in [1.807, 2.05) is 30.3 Å². The summed E-state index contributed by atoms with van der Waals surface area (Å²) in [5.41, 5.74) is 13.7. The fourth-order valence-electron chi connectivity index (χ4n) is 4.60. The summed E-state index contributed by atoms with van der Waals surface area (Å²) < 4.78 is 3.46. The van der Waals surface area contributed by atoms with E-state index in [0.29, 0.717) is 12.4 Å². The van der Waals surface area contributed by atoms with Crippen molar-refractivity contribution in [3.05, 3.63) is 88.1 Å². The number of benzene rings is 2. The molecule has 3 heterocycles. The zero-order chi connectivity index (χ0) is 26.5. The highest BCUT2D eigenvalue weighted by Crippen LogP contribution is 2.33. The summed E-state index contributed by atoms with van der Waals surface area (Å²) >= 11 is 1.69. The summed E-state index contributed by atoms with van der Waals surface area (Å²) in [7, 11) is 0. The molecule has 38 heavy (non-hydrogen) atoms. The van der Waals surface area contributed by atoms with Gasteiger partial charge in [-0.3, -0.25) is 0 Å². The number of nitrogens with zero attached hydrogens (tertiary/aromatic N) is 3. The molecule has 8 nitrogen and oxygen atoms in total. The quantitative estimate of drug-likeness (QED) is 0.175. The van der Waals surface area contributed by atoms with Crippen LogP contribution < -0.4 is 16.4 Å². The smallest absolute Gasteiger partial charge is 0.404 e. The molecule has 0 fully saturated rings. The molecule has 0 aliphatic rings. The lowest BCUT2D eigenvalue weighted by Gasteiger charge is -2.11. The number of aromatic nitrogens is 3. The van der Waals surface area contributed by atoms with Crippen LogP contribution in [0.4, 0.5) is 10.6 Å². The molecule has 0 atom stereocenters. The van der Waals surface area contributed by atoms with Crippen LogP contribution in [0.1, 0.15) is 47.8 Å². The molecule has 1 amide bonds. The minimum atomic E-state index is -1.01. The van der Waals surface area contributed by atoms with E-state index in [0.717, 1.165) is 77.1 Å². The van der Waals surface area contributed by atoms with Crippen molar-refractivity contribution in [2.24, 2.45) is 0 Å². The van der Waals surface area contributed by atoms with Crippen molar-refractivity contribution in [2.75, 3.05) is 5.73 Å². The number of nitrogens with one attached hydrogen (secondary N) is 2. The van der Waals surface area contributed by atoms with E-state index in [4.69, 9.17) is 15.8 Å². The molecule has 0 saturated heterocycles. The third kappa shape index (κ3) is 5.79. The fraction of sp³-hybridized carbons (Fsp3) is 0.276. The van der Waals surface area contributed by atoms with Gasteiger partial charge in [-0.25, -0.2) is 14.8 Å². The maximum absolute atomic E-state index is 10.6. The normalized spacial score (nSPS) is 11.4. The van der Waals surface area contributed by atoms with Crippen LogP contribution in [0.15, 0.2) is 60.0 Å². The number of imidazole rings is 1. The van der Waals surface area contributed by atoms with Gasteiger partial charge in [0.25, 0.3) is 0 Å². The van der Waals surface area contributed by atoms with Crippen molar-refractivity contribution in [1.82, 2.24) is 25.2 Å². The first-order valence-electron chi connectivity index (χ1n) is 12.9. The minimum absolute atomic E-state index is 0.312. The number of anilines is 1. The van der Waals surface area contributed by atoms with Gasteiger partial charge in [-0.15, -0.1) is 11.3 Å². The highest BCUT2D eigenvalue weighted by molar-refractivity contribution is 7.18. The molecule has 5 N–H and O–H groups in total. The van der Waals surface area contributed by atoms with E-state index < -0.39 is 6.09 Å². The standard InChI is InChI=1S/C29H32N6O2S/c1-2-3-4-24-34-25-26(27-23(13-14-38-27)33-28(25)30)35(24)18-22-11-9-20(10-12-22)16-31-15-19-5-7-21(8-6-19)17-32-29(36)37/h5-14,31-32H,2-4,15-18H2,1H3,(H2,30,33)(H,36,37). The van der Waals surface area contributed by atoms with E-state index in [9.17, 15) is 4.79 Å². The van der Waals surface area contributed by atoms with Crippen molar-refractivity contribution >= 4 is 44.5 Å². The van der Waals surface area contributed by atoms with Crippen LogP contribution in [0.3, 0.4) is 0 Å². The highest BCUT2D eigenvalue weighted by Gasteiger charge is 2.18. The minimum Gasteiger partial charge on any atom is -0.465 e. The van der Waals surface area contributed by atoms with Crippen LogP contribution >= 0.6 is 11.3 Å². The number of unbranched alkanes of at least 4 members (excludes halogenated alkanes) is 1. The molecule has 5 rings (SSSR count). The molecule has 0 spiro atoms. The number of pyridine rings is 1. The number of hydrogen-bond acceptors (Lipinski definition) is 6. The van der Waals surface area contributed by atoms with Crippen LogP contribution in [0, 0.1) is 0 Å². The zero-order valence-electron chi connectivity index (χ0n) is 21.4. The first kappa shape index (κ1) is 25.7. The van der Waals surface area contributed by atoms with Crippen molar-refractivity contribution in [2.45, 2.75) is 52.4 Å². The fourth-order valence-corrected chi connectivity index (χ4v) is 5.49. The molecule has 2 aromatic carbocycles. The number of nitrogens with two attached hydrogens (primary N) is 1. The molecule has 9 heteroatoms. The van der Waals surface area contributed by atoms with Gasteiger partial charge in [0.15, 0.2) is 5.82 Å². The molecule has 0 radical (unpaired) electrons. The Morgan fingerprint density at radius 3 is 2.21 bits per heavy atom. The Bertz CT molecular complexity index is 1540. The molecule has 0 bridgehead atoms. The largest absolute Gasteiger partial charge is 0.465 e. The van der Waals surface area contributed by atoms with E-state index in [2.05, 4.69) is 56.8 Å². The molecule has 5 aromatic rings. The number of nitrogen functional groups attached to an aromatic ring is 1. The predicted octanol–water partition coefficient (Wildman–Crippen LogP) is 5.68. The Morgan fingerprint density at radius 2 is 1.58 bits per heavy atom. The third-order valence-corrected chi connectivity index (χ3v) is 7.54. The Kier molecular flexibility index (Phi) is 7.86. The number of thiophene rings is 1. The number of hydrogen-bond donors (Lipinski definition) is 4. The SMILES string of the molecule is CCCCc1nc2c(N)nc3ccsc3c2n1Cc1ccc(CNCc2ccc(CNC(=O)O)cc2)cc1. The summed E-state index contributed by atoms with van der Waals surface area (Å²) in [6, 6.07) is 18.7. The number of aryl methyl sites for hydroxylation is 1. The second-order valence-electron chi connectivity index (χ2n) is 9.44. The third-order valence-electron chi connectivity index (χ3n) is 6.63. The maximum Gasteiger partial charge on any atom is 0.404 e. The first-order valence-corrected chi connectivity index (χ1v) is 13.7. The van der Waals surface area contributed by atoms with E-state index in [1.165, 1.54) is 11.1 Å². The Morgan fingerprint density at radius 1 is 0.947 bits per heavy atom. The Balaban J connectivity index is 1.26. The lowest BCUT2D eigenvalue weighted by molar-refractivity contribution is 0.194. The Labute approximate surface area is 225 Å². The summed E-state index contributed by atoms with van der Waals surface area (Å²) in [6.45, 7) is 4.75. The molecule has 196 valence electrons. The van der Waals surface area contributed by atoms with Crippen molar-refractivity contribution in [1.29, 1.82) is 0 Å². The maximum atomic E-state index is 10.6. The zero-order valence-corrected chi connectivity index (χ0v) is 22.2. The molecular formula is C29H32N6O2S. The topological polar surface area (TPSA) is 118 Å². The molecule has 0 unspecified atom stereocenters. The lowest BCUT2D eigenvalue weighted by Crippen LogP contribution is -2.19.